The summed E-state index contributed by atoms with van der Waals surface area (Å²) in [4.78, 5) is 0. The van der Waals surface area contributed by atoms with Gasteiger partial charge in [-0.1, -0.05) is 19.9 Å². The molecule has 1 rings (SSSR count). The predicted molar refractivity (Wildman–Crippen MR) is 60.3 cm³/mol. The van der Waals surface area contributed by atoms with Crippen LogP contribution in [-0.4, -0.2) is 18.3 Å². The Kier molecular flexibility index (Phi) is 2.62. The van der Waals surface area contributed by atoms with E-state index in [1.807, 2.05) is 6.08 Å². The molecular weight excluding hydrogens is 175 g/mol. The number of hydrogen-bond donors (Lipinski definition) is 0. The van der Waals surface area contributed by atoms with Crippen LogP contribution < -0.4 is 0 Å². The Hall–Kier alpha value is -0.275. The van der Waals surface area contributed by atoms with Crippen molar-refractivity contribution >= 4 is 7.12 Å². The standard InChI is InChI=1S/C11H21BO2/c1-8-9(2,3)12-13-10(4,5)11(6,7)14-12/h8H,1H2,2-7H3. The van der Waals surface area contributed by atoms with E-state index < -0.39 is 0 Å². The zero-order valence-corrected chi connectivity index (χ0v) is 10.2. The molecule has 2 nitrogen and oxygen atoms in total. The Labute approximate surface area is 87.8 Å². The molecule has 1 fully saturated rings. The fourth-order valence-corrected chi connectivity index (χ4v) is 1.24. The lowest BCUT2D eigenvalue weighted by Crippen LogP contribution is -2.41. The quantitative estimate of drug-likeness (QED) is 0.499. The Morgan fingerprint density at radius 2 is 1.43 bits per heavy atom. The van der Waals surface area contributed by atoms with Gasteiger partial charge in [-0.2, -0.15) is 0 Å². The third kappa shape index (κ3) is 1.75. The molecule has 0 unspecified atom stereocenters. The largest absolute Gasteiger partial charge is 0.467 e. The van der Waals surface area contributed by atoms with E-state index in [1.54, 1.807) is 0 Å². The Balaban J connectivity index is 2.88. The molecule has 80 valence electrons. The molecule has 1 heterocycles. The molecule has 0 aromatic rings. The van der Waals surface area contributed by atoms with Gasteiger partial charge in [0.25, 0.3) is 0 Å². The molecule has 0 aromatic heterocycles. The van der Waals surface area contributed by atoms with Crippen LogP contribution in [0.4, 0.5) is 0 Å². The van der Waals surface area contributed by atoms with E-state index in [-0.39, 0.29) is 23.6 Å². The first kappa shape index (κ1) is 11.8. The van der Waals surface area contributed by atoms with E-state index >= 15 is 0 Å². The Morgan fingerprint density at radius 3 is 1.71 bits per heavy atom. The summed E-state index contributed by atoms with van der Waals surface area (Å²) in [5.41, 5.74) is -0.504. The third-order valence-corrected chi connectivity index (χ3v) is 3.39. The second-order valence-corrected chi connectivity index (χ2v) is 5.61. The molecule has 0 atom stereocenters. The van der Waals surface area contributed by atoms with E-state index in [9.17, 15) is 0 Å². The van der Waals surface area contributed by atoms with Crippen LogP contribution in [0.5, 0.6) is 0 Å². The summed E-state index contributed by atoms with van der Waals surface area (Å²) >= 11 is 0. The van der Waals surface area contributed by atoms with Gasteiger partial charge in [-0.05, 0) is 27.7 Å². The second kappa shape index (κ2) is 3.11. The van der Waals surface area contributed by atoms with Crippen molar-refractivity contribution in [2.24, 2.45) is 0 Å². The second-order valence-electron chi connectivity index (χ2n) is 5.61. The molecular formula is C11H21BO2. The number of allylic oxidation sites excluding steroid dienone is 1. The predicted octanol–water partition coefficient (Wildman–Crippen LogP) is 3.04. The highest BCUT2D eigenvalue weighted by Gasteiger charge is 2.55. The van der Waals surface area contributed by atoms with Gasteiger partial charge in [0.2, 0.25) is 0 Å². The normalized spacial score (nSPS) is 25.1. The molecule has 0 radical (unpaired) electrons. The molecule has 0 aromatic carbocycles. The van der Waals surface area contributed by atoms with Crippen molar-refractivity contribution in [1.82, 2.24) is 0 Å². The first-order valence-corrected chi connectivity index (χ1v) is 5.12. The SMILES string of the molecule is C=CC(C)(C)B1OC(C)(C)C(C)(C)O1. The summed E-state index contributed by atoms with van der Waals surface area (Å²) in [5, 5.41) is -0.148. The zero-order valence-electron chi connectivity index (χ0n) is 10.2. The minimum atomic E-state index is -0.252. The summed E-state index contributed by atoms with van der Waals surface area (Å²) in [7, 11) is -0.204. The van der Waals surface area contributed by atoms with Gasteiger partial charge in [0.05, 0.1) is 11.2 Å². The van der Waals surface area contributed by atoms with E-state index in [0.717, 1.165) is 0 Å². The maximum absolute atomic E-state index is 5.93. The number of rotatable bonds is 2. The molecule has 3 heteroatoms. The van der Waals surface area contributed by atoms with Gasteiger partial charge >= 0.3 is 7.12 Å². The van der Waals surface area contributed by atoms with Crippen molar-refractivity contribution in [3.63, 3.8) is 0 Å². The van der Waals surface area contributed by atoms with Crippen LogP contribution in [0.15, 0.2) is 12.7 Å². The first-order chi connectivity index (χ1) is 6.12. The van der Waals surface area contributed by atoms with Crippen molar-refractivity contribution in [2.75, 3.05) is 0 Å². The van der Waals surface area contributed by atoms with Gasteiger partial charge in [-0.25, -0.2) is 0 Å². The van der Waals surface area contributed by atoms with E-state index in [1.165, 1.54) is 0 Å². The van der Waals surface area contributed by atoms with Gasteiger partial charge in [0.1, 0.15) is 0 Å². The molecule has 0 bridgehead atoms. The van der Waals surface area contributed by atoms with Crippen molar-refractivity contribution in [3.05, 3.63) is 12.7 Å². The van der Waals surface area contributed by atoms with Crippen LogP contribution in [-0.2, 0) is 9.31 Å². The van der Waals surface area contributed by atoms with Crippen molar-refractivity contribution in [3.8, 4) is 0 Å². The molecule has 0 saturated carbocycles. The summed E-state index contributed by atoms with van der Waals surface area (Å²) in [6, 6.07) is 0. The van der Waals surface area contributed by atoms with Gasteiger partial charge < -0.3 is 9.31 Å². The molecule has 0 amide bonds. The zero-order chi connectivity index (χ0) is 11.2. The average Bonchev–Trinajstić information content (AvgIpc) is 2.22. The molecule has 1 aliphatic heterocycles. The molecule has 14 heavy (non-hydrogen) atoms. The molecule has 0 spiro atoms. The summed E-state index contributed by atoms with van der Waals surface area (Å²) in [6.07, 6.45) is 1.88. The Morgan fingerprint density at radius 1 is 1.07 bits per heavy atom. The van der Waals surface area contributed by atoms with Gasteiger partial charge in [0.15, 0.2) is 0 Å². The lowest BCUT2D eigenvalue weighted by atomic mass is 9.60. The molecule has 1 saturated heterocycles. The fourth-order valence-electron chi connectivity index (χ4n) is 1.24. The van der Waals surface area contributed by atoms with E-state index in [2.05, 4.69) is 48.1 Å². The van der Waals surface area contributed by atoms with Gasteiger partial charge in [0, 0.05) is 5.31 Å². The highest BCUT2D eigenvalue weighted by atomic mass is 16.7. The lowest BCUT2D eigenvalue weighted by Gasteiger charge is -2.32. The fraction of sp³-hybridized carbons (Fsp3) is 0.818. The molecule has 1 aliphatic rings. The first-order valence-electron chi connectivity index (χ1n) is 5.12. The van der Waals surface area contributed by atoms with Crippen LogP contribution in [0.3, 0.4) is 0 Å². The Bertz CT molecular complexity index is 228. The van der Waals surface area contributed by atoms with Crippen LogP contribution in [0.25, 0.3) is 0 Å². The lowest BCUT2D eigenvalue weighted by molar-refractivity contribution is 0.00578. The maximum Gasteiger partial charge on any atom is 0.467 e. The number of hydrogen-bond acceptors (Lipinski definition) is 2. The van der Waals surface area contributed by atoms with E-state index in [4.69, 9.17) is 9.31 Å². The molecule has 0 aliphatic carbocycles. The minimum Gasteiger partial charge on any atom is -0.403 e. The molecule has 0 N–H and O–H groups in total. The van der Waals surface area contributed by atoms with Gasteiger partial charge in [-0.15, -0.1) is 6.58 Å². The van der Waals surface area contributed by atoms with Crippen molar-refractivity contribution in [2.45, 2.75) is 58.1 Å². The average molecular weight is 196 g/mol. The van der Waals surface area contributed by atoms with Crippen molar-refractivity contribution in [1.29, 1.82) is 0 Å². The van der Waals surface area contributed by atoms with Crippen LogP contribution >= 0.6 is 0 Å². The van der Waals surface area contributed by atoms with Crippen LogP contribution in [0.2, 0.25) is 5.31 Å². The minimum absolute atomic E-state index is 0.148. The van der Waals surface area contributed by atoms with Crippen LogP contribution in [0.1, 0.15) is 41.5 Å². The summed E-state index contributed by atoms with van der Waals surface area (Å²) in [6.45, 7) is 16.2. The summed E-state index contributed by atoms with van der Waals surface area (Å²) in [5.74, 6) is 0. The van der Waals surface area contributed by atoms with Gasteiger partial charge in [-0.3, -0.25) is 0 Å². The monoisotopic (exact) mass is 196 g/mol. The summed E-state index contributed by atoms with van der Waals surface area (Å²) < 4.78 is 11.9. The smallest absolute Gasteiger partial charge is 0.403 e. The third-order valence-electron chi connectivity index (χ3n) is 3.39. The highest BCUT2D eigenvalue weighted by Crippen LogP contribution is 2.44. The highest BCUT2D eigenvalue weighted by molar-refractivity contribution is 6.50. The van der Waals surface area contributed by atoms with Crippen molar-refractivity contribution < 1.29 is 9.31 Å². The maximum atomic E-state index is 5.93. The van der Waals surface area contributed by atoms with E-state index in [0.29, 0.717) is 0 Å². The van der Waals surface area contributed by atoms with Crippen LogP contribution in [0, 0.1) is 0 Å². The topological polar surface area (TPSA) is 18.5 Å².